The SMILES string of the molecule is COc1ccc(OC)c(NC(=O)C(Sc2ccc(NC(=O)c3cccc4cccc(C(=O)O)c34)cc2)c2ccccc2)c1. The van der Waals surface area contributed by atoms with Gasteiger partial charge in [0.05, 0.1) is 25.5 Å². The van der Waals surface area contributed by atoms with Crippen LogP contribution in [0.2, 0.25) is 0 Å². The fraction of sp³-hybridized carbons (Fsp3) is 0.0882. The van der Waals surface area contributed by atoms with Gasteiger partial charge in [-0.3, -0.25) is 9.59 Å². The van der Waals surface area contributed by atoms with Gasteiger partial charge in [-0.2, -0.15) is 0 Å². The van der Waals surface area contributed by atoms with Gasteiger partial charge in [0.25, 0.3) is 5.91 Å². The zero-order valence-corrected chi connectivity index (χ0v) is 24.2. The van der Waals surface area contributed by atoms with Gasteiger partial charge >= 0.3 is 5.97 Å². The number of aromatic carboxylic acids is 1. The molecule has 5 aromatic carbocycles. The summed E-state index contributed by atoms with van der Waals surface area (Å²) in [4.78, 5) is 39.5. The summed E-state index contributed by atoms with van der Waals surface area (Å²) in [6, 6.07) is 31.8. The Hall–Kier alpha value is -5.28. The normalized spacial score (nSPS) is 11.4. The van der Waals surface area contributed by atoms with Crippen LogP contribution in [0.3, 0.4) is 0 Å². The molecule has 0 fully saturated rings. The average molecular weight is 593 g/mol. The largest absolute Gasteiger partial charge is 0.497 e. The Morgan fingerprint density at radius 1 is 0.744 bits per heavy atom. The van der Waals surface area contributed by atoms with Crippen LogP contribution in [0.15, 0.2) is 114 Å². The molecule has 0 aromatic heterocycles. The summed E-state index contributed by atoms with van der Waals surface area (Å²) >= 11 is 1.36. The van der Waals surface area contributed by atoms with Crippen molar-refractivity contribution in [3.63, 3.8) is 0 Å². The number of hydrogen-bond acceptors (Lipinski definition) is 6. The number of nitrogens with one attached hydrogen (secondary N) is 2. The number of benzene rings is 5. The molecule has 0 saturated heterocycles. The van der Waals surface area contributed by atoms with E-state index in [2.05, 4.69) is 10.6 Å². The van der Waals surface area contributed by atoms with Gasteiger partial charge in [-0.05, 0) is 59.5 Å². The molecule has 5 aromatic rings. The van der Waals surface area contributed by atoms with Crippen molar-refractivity contribution in [2.45, 2.75) is 10.1 Å². The van der Waals surface area contributed by atoms with Crippen LogP contribution >= 0.6 is 11.8 Å². The zero-order valence-electron chi connectivity index (χ0n) is 23.4. The van der Waals surface area contributed by atoms with Crippen molar-refractivity contribution in [2.75, 3.05) is 24.9 Å². The van der Waals surface area contributed by atoms with E-state index < -0.39 is 17.1 Å². The third-order valence-electron chi connectivity index (χ3n) is 6.75. The zero-order chi connectivity index (χ0) is 30.3. The number of carbonyl (C=O) groups is 3. The summed E-state index contributed by atoms with van der Waals surface area (Å²) in [5.74, 6) is -0.680. The topological polar surface area (TPSA) is 114 Å². The van der Waals surface area contributed by atoms with E-state index in [0.717, 1.165) is 10.5 Å². The molecular formula is C34H28N2O6S. The summed E-state index contributed by atoms with van der Waals surface area (Å²) in [7, 11) is 3.09. The second kappa shape index (κ2) is 13.1. The number of carbonyl (C=O) groups excluding carboxylic acids is 2. The van der Waals surface area contributed by atoms with E-state index in [0.29, 0.717) is 33.6 Å². The number of amides is 2. The number of thioether (sulfide) groups is 1. The number of hydrogen-bond donors (Lipinski definition) is 3. The maximum Gasteiger partial charge on any atom is 0.336 e. The first-order chi connectivity index (χ1) is 20.9. The Bertz CT molecular complexity index is 1790. The van der Waals surface area contributed by atoms with Gasteiger partial charge < -0.3 is 25.2 Å². The summed E-state index contributed by atoms with van der Waals surface area (Å²) in [6.45, 7) is 0. The van der Waals surface area contributed by atoms with Gasteiger partial charge in [0, 0.05) is 27.6 Å². The van der Waals surface area contributed by atoms with E-state index in [1.54, 1.807) is 67.8 Å². The number of rotatable bonds is 10. The Labute approximate surface area is 252 Å². The van der Waals surface area contributed by atoms with E-state index in [9.17, 15) is 19.5 Å². The fourth-order valence-corrected chi connectivity index (χ4v) is 5.70. The molecule has 0 bridgehead atoms. The third kappa shape index (κ3) is 6.63. The van der Waals surface area contributed by atoms with Crippen molar-refractivity contribution in [3.8, 4) is 11.5 Å². The molecule has 1 atom stereocenters. The lowest BCUT2D eigenvalue weighted by Crippen LogP contribution is -2.19. The lowest BCUT2D eigenvalue weighted by Gasteiger charge is -2.19. The molecule has 0 aliphatic carbocycles. The molecule has 0 spiro atoms. The molecule has 0 saturated carbocycles. The van der Waals surface area contributed by atoms with Crippen molar-refractivity contribution in [1.82, 2.24) is 0 Å². The molecule has 43 heavy (non-hydrogen) atoms. The number of fused-ring (bicyclic) bond motifs is 1. The van der Waals surface area contributed by atoms with E-state index in [1.807, 2.05) is 42.5 Å². The number of carboxylic acid groups (broad SMARTS) is 1. The van der Waals surface area contributed by atoms with Crippen LogP contribution in [-0.2, 0) is 4.79 Å². The molecule has 3 N–H and O–H groups in total. The number of carboxylic acids is 1. The maximum atomic E-state index is 13.6. The highest BCUT2D eigenvalue weighted by Gasteiger charge is 2.24. The molecule has 8 nitrogen and oxygen atoms in total. The van der Waals surface area contributed by atoms with Crippen molar-refractivity contribution < 1.29 is 29.0 Å². The smallest absolute Gasteiger partial charge is 0.336 e. The molecule has 0 radical (unpaired) electrons. The van der Waals surface area contributed by atoms with E-state index in [-0.39, 0.29) is 17.0 Å². The second-order valence-electron chi connectivity index (χ2n) is 9.46. The van der Waals surface area contributed by atoms with E-state index in [1.165, 1.54) is 24.9 Å². The van der Waals surface area contributed by atoms with Crippen LogP contribution in [-0.4, -0.2) is 37.1 Å². The Balaban J connectivity index is 1.36. The van der Waals surface area contributed by atoms with Crippen LogP contribution < -0.4 is 20.1 Å². The molecule has 216 valence electrons. The van der Waals surface area contributed by atoms with Gasteiger partial charge in [-0.1, -0.05) is 54.6 Å². The highest BCUT2D eigenvalue weighted by molar-refractivity contribution is 8.00. The minimum absolute atomic E-state index is 0.0618. The first-order valence-corrected chi connectivity index (χ1v) is 14.2. The molecule has 1 unspecified atom stereocenters. The van der Waals surface area contributed by atoms with Crippen molar-refractivity contribution >= 4 is 51.7 Å². The minimum Gasteiger partial charge on any atom is -0.497 e. The Morgan fingerprint density at radius 2 is 1.44 bits per heavy atom. The number of ether oxygens (including phenoxy) is 2. The highest BCUT2D eigenvalue weighted by atomic mass is 32.2. The van der Waals surface area contributed by atoms with Crippen molar-refractivity contribution in [3.05, 3.63) is 126 Å². The monoisotopic (exact) mass is 592 g/mol. The van der Waals surface area contributed by atoms with E-state index in [4.69, 9.17) is 9.47 Å². The van der Waals surface area contributed by atoms with Crippen LogP contribution in [0.4, 0.5) is 11.4 Å². The average Bonchev–Trinajstić information content (AvgIpc) is 3.04. The van der Waals surface area contributed by atoms with Gasteiger partial charge in [-0.25, -0.2) is 4.79 Å². The lowest BCUT2D eigenvalue weighted by atomic mass is 9.98. The number of anilines is 2. The third-order valence-corrected chi connectivity index (χ3v) is 8.02. The Morgan fingerprint density at radius 3 is 2.09 bits per heavy atom. The molecule has 0 aliphatic heterocycles. The van der Waals surface area contributed by atoms with Crippen LogP contribution in [0.5, 0.6) is 11.5 Å². The van der Waals surface area contributed by atoms with Gasteiger partial charge in [0.15, 0.2) is 0 Å². The molecule has 5 rings (SSSR count). The van der Waals surface area contributed by atoms with Crippen LogP contribution in [0.25, 0.3) is 10.8 Å². The van der Waals surface area contributed by atoms with Crippen LogP contribution in [0.1, 0.15) is 31.5 Å². The first kappa shape index (κ1) is 29.2. The predicted molar refractivity (Wildman–Crippen MR) is 169 cm³/mol. The van der Waals surface area contributed by atoms with Crippen LogP contribution in [0, 0.1) is 0 Å². The first-order valence-electron chi connectivity index (χ1n) is 13.3. The maximum absolute atomic E-state index is 13.6. The summed E-state index contributed by atoms with van der Waals surface area (Å²) < 4.78 is 10.7. The second-order valence-corrected chi connectivity index (χ2v) is 10.6. The highest BCUT2D eigenvalue weighted by Crippen LogP contribution is 2.38. The van der Waals surface area contributed by atoms with Gasteiger partial charge in [0.1, 0.15) is 16.7 Å². The molecule has 0 heterocycles. The summed E-state index contributed by atoms with van der Waals surface area (Å²) in [5.41, 5.74) is 2.16. The van der Waals surface area contributed by atoms with Gasteiger partial charge in [0.2, 0.25) is 5.91 Å². The number of methoxy groups -OCH3 is 2. The minimum atomic E-state index is -1.10. The fourth-order valence-electron chi connectivity index (χ4n) is 4.67. The quantitative estimate of drug-likeness (QED) is 0.146. The summed E-state index contributed by atoms with van der Waals surface area (Å²) in [6.07, 6.45) is 0. The molecular weight excluding hydrogens is 564 g/mol. The molecule has 2 amide bonds. The standard InChI is InChI=1S/C34H28N2O6S/c1-41-24-16-19-29(42-2)28(20-24)36-33(38)31(22-8-4-3-5-9-22)43-25-17-14-23(15-18-25)35-32(37)26-12-6-10-21-11-7-13-27(30(21)26)34(39)40/h3-20,31H,1-2H3,(H,35,37)(H,36,38)(H,39,40). The van der Waals surface area contributed by atoms with E-state index >= 15 is 0 Å². The predicted octanol–water partition coefficient (Wildman–Crippen LogP) is 7.28. The van der Waals surface area contributed by atoms with Gasteiger partial charge in [-0.15, -0.1) is 11.8 Å². The van der Waals surface area contributed by atoms with Crippen molar-refractivity contribution in [2.24, 2.45) is 0 Å². The molecule has 0 aliphatic rings. The summed E-state index contributed by atoms with van der Waals surface area (Å²) in [5, 5.41) is 15.9. The van der Waals surface area contributed by atoms with Crippen molar-refractivity contribution in [1.29, 1.82) is 0 Å². The Kier molecular flexibility index (Phi) is 8.93. The lowest BCUT2D eigenvalue weighted by molar-refractivity contribution is -0.115. The molecule has 9 heteroatoms.